The molecule has 0 aromatic heterocycles. The standard InChI is InChI=1S/C25H28N2O5S/c1-18-15-21(13-14-23(18)31-2)33(29,30)27-22(16-19-9-5-4-6-10-19)25(28)26-17-20-11-7-8-12-24(20)32-3/h4-15,22,27H,16-17H2,1-3H3,(H,26,28)/t22-/m1/s1. The molecule has 0 heterocycles. The topological polar surface area (TPSA) is 93.7 Å². The Hall–Kier alpha value is -3.36. The van der Waals surface area contributed by atoms with E-state index in [4.69, 9.17) is 9.47 Å². The summed E-state index contributed by atoms with van der Waals surface area (Å²) in [6.45, 7) is 1.97. The molecule has 0 saturated heterocycles. The first-order valence-corrected chi connectivity index (χ1v) is 11.9. The number of nitrogens with one attached hydrogen (secondary N) is 2. The van der Waals surface area contributed by atoms with Crippen LogP contribution in [0.3, 0.4) is 0 Å². The Bertz CT molecular complexity index is 1200. The Morgan fingerprint density at radius 3 is 2.24 bits per heavy atom. The van der Waals surface area contributed by atoms with Crippen LogP contribution in [0, 0.1) is 6.92 Å². The number of benzene rings is 3. The molecule has 2 N–H and O–H groups in total. The summed E-state index contributed by atoms with van der Waals surface area (Å²) in [7, 11) is -0.875. The first kappa shape index (κ1) is 24.3. The number of methoxy groups -OCH3 is 2. The van der Waals surface area contributed by atoms with Gasteiger partial charge in [-0.2, -0.15) is 4.72 Å². The van der Waals surface area contributed by atoms with E-state index in [0.717, 1.165) is 11.1 Å². The molecule has 0 unspecified atom stereocenters. The highest BCUT2D eigenvalue weighted by molar-refractivity contribution is 7.89. The Morgan fingerprint density at radius 2 is 1.58 bits per heavy atom. The summed E-state index contributed by atoms with van der Waals surface area (Å²) in [5.41, 5.74) is 2.31. The molecule has 33 heavy (non-hydrogen) atoms. The lowest BCUT2D eigenvalue weighted by Crippen LogP contribution is -2.47. The molecule has 0 aliphatic carbocycles. The monoisotopic (exact) mass is 468 g/mol. The molecule has 8 heteroatoms. The molecular weight excluding hydrogens is 440 g/mol. The van der Waals surface area contributed by atoms with Gasteiger partial charge < -0.3 is 14.8 Å². The minimum Gasteiger partial charge on any atom is -0.496 e. The lowest BCUT2D eigenvalue weighted by atomic mass is 10.1. The summed E-state index contributed by atoms with van der Waals surface area (Å²) in [6, 6.07) is 20.2. The van der Waals surface area contributed by atoms with Gasteiger partial charge in [0.05, 0.1) is 19.1 Å². The fourth-order valence-corrected chi connectivity index (χ4v) is 4.75. The van der Waals surface area contributed by atoms with Crippen LogP contribution in [-0.2, 0) is 27.8 Å². The molecule has 0 radical (unpaired) electrons. The van der Waals surface area contributed by atoms with E-state index in [9.17, 15) is 13.2 Å². The van der Waals surface area contributed by atoms with Crippen molar-refractivity contribution in [2.45, 2.75) is 30.8 Å². The second-order valence-corrected chi connectivity index (χ2v) is 9.24. The maximum Gasteiger partial charge on any atom is 0.241 e. The molecule has 1 atom stereocenters. The number of ether oxygens (including phenoxy) is 2. The third kappa shape index (κ3) is 6.34. The molecule has 174 valence electrons. The highest BCUT2D eigenvalue weighted by Crippen LogP contribution is 2.22. The second kappa shape index (κ2) is 11.0. The zero-order valence-corrected chi connectivity index (χ0v) is 19.7. The van der Waals surface area contributed by atoms with Crippen LogP contribution in [-0.4, -0.2) is 34.6 Å². The van der Waals surface area contributed by atoms with Crippen molar-refractivity contribution < 1.29 is 22.7 Å². The number of aryl methyl sites for hydroxylation is 1. The Labute approximate surface area is 194 Å². The van der Waals surface area contributed by atoms with E-state index in [1.165, 1.54) is 19.2 Å². The fourth-order valence-electron chi connectivity index (χ4n) is 3.47. The van der Waals surface area contributed by atoms with E-state index >= 15 is 0 Å². The van der Waals surface area contributed by atoms with Gasteiger partial charge >= 0.3 is 0 Å². The van der Waals surface area contributed by atoms with Gasteiger partial charge in [-0.1, -0.05) is 48.5 Å². The summed E-state index contributed by atoms with van der Waals surface area (Å²) in [6.07, 6.45) is 0.201. The van der Waals surface area contributed by atoms with Gasteiger partial charge in [-0.25, -0.2) is 8.42 Å². The quantitative estimate of drug-likeness (QED) is 0.477. The molecular formula is C25H28N2O5S. The zero-order valence-electron chi connectivity index (χ0n) is 18.9. The van der Waals surface area contributed by atoms with Crippen LogP contribution in [0.15, 0.2) is 77.7 Å². The fraction of sp³-hybridized carbons (Fsp3) is 0.240. The van der Waals surface area contributed by atoms with E-state index in [0.29, 0.717) is 17.1 Å². The Kier molecular flexibility index (Phi) is 8.08. The van der Waals surface area contributed by atoms with Gasteiger partial charge in [-0.05, 0) is 48.7 Å². The lowest BCUT2D eigenvalue weighted by Gasteiger charge is -2.20. The van der Waals surface area contributed by atoms with Crippen molar-refractivity contribution in [3.05, 3.63) is 89.5 Å². The minimum atomic E-state index is -3.96. The van der Waals surface area contributed by atoms with E-state index in [-0.39, 0.29) is 17.9 Å². The van der Waals surface area contributed by atoms with Gasteiger partial charge in [0.1, 0.15) is 17.5 Å². The Balaban J connectivity index is 1.82. The third-order valence-electron chi connectivity index (χ3n) is 5.22. The van der Waals surface area contributed by atoms with Crippen molar-refractivity contribution in [2.75, 3.05) is 14.2 Å². The molecule has 0 aliphatic rings. The maximum atomic E-state index is 13.1. The first-order chi connectivity index (χ1) is 15.8. The predicted molar refractivity (Wildman–Crippen MR) is 127 cm³/mol. The summed E-state index contributed by atoms with van der Waals surface area (Å²) in [4.78, 5) is 13.2. The third-order valence-corrected chi connectivity index (χ3v) is 6.69. The number of carbonyl (C=O) groups is 1. The highest BCUT2D eigenvalue weighted by Gasteiger charge is 2.26. The smallest absolute Gasteiger partial charge is 0.241 e. The van der Waals surface area contributed by atoms with E-state index in [1.807, 2.05) is 48.5 Å². The number of carbonyl (C=O) groups excluding carboxylic acids is 1. The van der Waals surface area contributed by atoms with Crippen LogP contribution in [0.5, 0.6) is 11.5 Å². The van der Waals surface area contributed by atoms with Gasteiger partial charge in [0.2, 0.25) is 15.9 Å². The molecule has 3 rings (SSSR count). The number of sulfonamides is 1. The van der Waals surface area contributed by atoms with Crippen LogP contribution in [0.25, 0.3) is 0 Å². The molecule has 0 fully saturated rings. The summed E-state index contributed by atoms with van der Waals surface area (Å²) in [5.74, 6) is 0.801. The van der Waals surface area contributed by atoms with Crippen molar-refractivity contribution in [1.82, 2.24) is 10.0 Å². The van der Waals surface area contributed by atoms with E-state index in [2.05, 4.69) is 10.0 Å². The summed E-state index contributed by atoms with van der Waals surface area (Å²) >= 11 is 0. The SMILES string of the molecule is COc1ccc(S(=O)(=O)N[C@H](Cc2ccccc2)C(=O)NCc2ccccc2OC)cc1C. The van der Waals surface area contributed by atoms with Crippen LogP contribution in [0.4, 0.5) is 0 Å². The molecule has 0 bridgehead atoms. The summed E-state index contributed by atoms with van der Waals surface area (Å²) in [5, 5.41) is 2.83. The van der Waals surface area contributed by atoms with Crippen molar-refractivity contribution in [3.8, 4) is 11.5 Å². The molecule has 0 aliphatic heterocycles. The average Bonchev–Trinajstić information content (AvgIpc) is 2.82. The predicted octanol–water partition coefficient (Wildman–Crippen LogP) is 3.22. The summed E-state index contributed by atoms with van der Waals surface area (Å²) < 4.78 is 39.3. The zero-order chi connectivity index (χ0) is 23.8. The van der Waals surface area contributed by atoms with Gasteiger partial charge in [0, 0.05) is 12.1 Å². The molecule has 0 saturated carbocycles. The van der Waals surface area contributed by atoms with Crippen molar-refractivity contribution >= 4 is 15.9 Å². The average molecular weight is 469 g/mol. The lowest BCUT2D eigenvalue weighted by molar-refractivity contribution is -0.122. The van der Waals surface area contributed by atoms with E-state index < -0.39 is 22.0 Å². The molecule has 1 amide bonds. The van der Waals surface area contributed by atoms with Gasteiger partial charge in [0.15, 0.2) is 0 Å². The number of para-hydroxylation sites is 1. The number of hydrogen-bond acceptors (Lipinski definition) is 5. The highest BCUT2D eigenvalue weighted by atomic mass is 32.2. The van der Waals surface area contributed by atoms with Crippen LogP contribution in [0.1, 0.15) is 16.7 Å². The molecule has 3 aromatic carbocycles. The number of hydrogen-bond donors (Lipinski definition) is 2. The van der Waals surface area contributed by atoms with Crippen molar-refractivity contribution in [3.63, 3.8) is 0 Å². The van der Waals surface area contributed by atoms with Gasteiger partial charge in [-0.15, -0.1) is 0 Å². The van der Waals surface area contributed by atoms with Crippen LogP contribution >= 0.6 is 0 Å². The number of amides is 1. The van der Waals surface area contributed by atoms with Crippen molar-refractivity contribution in [1.29, 1.82) is 0 Å². The van der Waals surface area contributed by atoms with E-state index in [1.54, 1.807) is 26.2 Å². The van der Waals surface area contributed by atoms with Gasteiger partial charge in [-0.3, -0.25) is 4.79 Å². The number of rotatable bonds is 10. The largest absolute Gasteiger partial charge is 0.496 e. The Morgan fingerprint density at radius 1 is 0.909 bits per heavy atom. The normalized spacial score (nSPS) is 12.1. The van der Waals surface area contributed by atoms with Crippen molar-refractivity contribution in [2.24, 2.45) is 0 Å². The van der Waals surface area contributed by atoms with Crippen LogP contribution < -0.4 is 19.5 Å². The minimum absolute atomic E-state index is 0.0661. The first-order valence-electron chi connectivity index (χ1n) is 10.4. The van der Waals surface area contributed by atoms with Gasteiger partial charge in [0.25, 0.3) is 0 Å². The molecule has 7 nitrogen and oxygen atoms in total. The van der Waals surface area contributed by atoms with Crippen LogP contribution in [0.2, 0.25) is 0 Å². The second-order valence-electron chi connectivity index (χ2n) is 7.52. The molecule has 3 aromatic rings. The molecule has 0 spiro atoms. The maximum absolute atomic E-state index is 13.1.